The van der Waals surface area contributed by atoms with E-state index in [0.717, 1.165) is 29.6 Å². The van der Waals surface area contributed by atoms with Gasteiger partial charge in [0.25, 0.3) is 0 Å². The second-order valence-corrected chi connectivity index (χ2v) is 9.98. The molecule has 1 spiro atoms. The van der Waals surface area contributed by atoms with E-state index in [1.54, 1.807) is 17.5 Å². The van der Waals surface area contributed by atoms with Crippen LogP contribution in [0.2, 0.25) is 0 Å². The van der Waals surface area contributed by atoms with Gasteiger partial charge >= 0.3 is 0 Å². The summed E-state index contributed by atoms with van der Waals surface area (Å²) < 4.78 is 0. The summed E-state index contributed by atoms with van der Waals surface area (Å²) in [7, 11) is 0. The Bertz CT molecular complexity index is 632. The van der Waals surface area contributed by atoms with E-state index in [1.165, 1.54) is 58.2 Å². The number of hydrogen-bond acceptors (Lipinski definition) is 2. The molecule has 2 N–H and O–H groups in total. The smallest absolute Gasteiger partial charge is 0.0357 e. The number of piperidine rings is 1. The van der Waals surface area contributed by atoms with Gasteiger partial charge in [-0.1, -0.05) is 24.3 Å². The Hall–Kier alpha value is -0.860. The molecule has 2 nitrogen and oxygen atoms in total. The van der Waals surface area contributed by atoms with Gasteiger partial charge in [-0.25, -0.2) is 0 Å². The Balaban J connectivity index is 1.38. The fourth-order valence-electron chi connectivity index (χ4n) is 7.97. The van der Waals surface area contributed by atoms with E-state index >= 15 is 0 Å². The van der Waals surface area contributed by atoms with Crippen LogP contribution in [0.25, 0.3) is 0 Å². The van der Waals surface area contributed by atoms with Crippen molar-refractivity contribution in [2.24, 2.45) is 29.6 Å². The maximum Gasteiger partial charge on any atom is 0.0357 e. The Morgan fingerprint density at radius 2 is 1.52 bits per heavy atom. The van der Waals surface area contributed by atoms with Crippen LogP contribution in [-0.4, -0.2) is 19.6 Å². The highest BCUT2D eigenvalue weighted by Crippen LogP contribution is 2.60. The predicted octanol–water partition coefficient (Wildman–Crippen LogP) is 4.02. The predicted molar refractivity (Wildman–Crippen MR) is 102 cm³/mol. The summed E-state index contributed by atoms with van der Waals surface area (Å²) in [6.07, 6.45) is 10.3. The van der Waals surface area contributed by atoms with Crippen molar-refractivity contribution >= 4 is 0 Å². The van der Waals surface area contributed by atoms with Gasteiger partial charge in [-0.15, -0.1) is 0 Å². The fraction of sp³-hybridized carbons (Fsp3) is 0.739. The van der Waals surface area contributed by atoms with E-state index < -0.39 is 0 Å². The Morgan fingerprint density at radius 1 is 0.840 bits per heavy atom. The standard InChI is InChI=1S/C23H32N2/c1-2-4-20-19(3-1)22(25-14-23(20)5-7-24-8-6-23)21-17-10-15-9-16(12-17)13-18(21)11-15/h1-4,15-18,21-22,24-25H,5-14H2. The average molecular weight is 337 g/mol. The zero-order valence-electron chi connectivity index (χ0n) is 15.3. The Morgan fingerprint density at radius 3 is 2.24 bits per heavy atom. The maximum atomic E-state index is 4.14. The highest BCUT2D eigenvalue weighted by atomic mass is 15.0. The molecule has 4 saturated carbocycles. The van der Waals surface area contributed by atoms with E-state index in [4.69, 9.17) is 0 Å². The molecule has 2 heteroatoms. The highest BCUT2D eigenvalue weighted by Gasteiger charge is 2.52. The molecule has 5 fully saturated rings. The van der Waals surface area contributed by atoms with Crippen molar-refractivity contribution in [1.29, 1.82) is 0 Å². The van der Waals surface area contributed by atoms with Crippen LogP contribution < -0.4 is 10.6 Å². The van der Waals surface area contributed by atoms with Crippen LogP contribution in [0.1, 0.15) is 62.1 Å². The van der Waals surface area contributed by atoms with Gasteiger partial charge in [0, 0.05) is 18.0 Å². The van der Waals surface area contributed by atoms with Crippen LogP contribution in [0.3, 0.4) is 0 Å². The first-order valence-corrected chi connectivity index (χ1v) is 10.9. The minimum Gasteiger partial charge on any atom is -0.317 e. The minimum atomic E-state index is 0.393. The number of hydrogen-bond donors (Lipinski definition) is 2. The van der Waals surface area contributed by atoms with Crippen molar-refractivity contribution in [3.63, 3.8) is 0 Å². The van der Waals surface area contributed by atoms with E-state index in [1.807, 2.05) is 0 Å². The molecule has 0 aromatic heterocycles. The molecule has 4 bridgehead atoms. The monoisotopic (exact) mass is 336 g/mol. The van der Waals surface area contributed by atoms with Crippen molar-refractivity contribution in [3.05, 3.63) is 35.4 Å². The summed E-state index contributed by atoms with van der Waals surface area (Å²) in [6.45, 7) is 3.57. The molecular weight excluding hydrogens is 304 g/mol. The summed E-state index contributed by atoms with van der Waals surface area (Å²) in [5.41, 5.74) is 3.77. The van der Waals surface area contributed by atoms with E-state index in [2.05, 4.69) is 34.9 Å². The van der Waals surface area contributed by atoms with Gasteiger partial charge in [0.2, 0.25) is 0 Å². The second kappa shape index (κ2) is 5.57. The summed E-state index contributed by atoms with van der Waals surface area (Å²) in [4.78, 5) is 0. The van der Waals surface area contributed by atoms with E-state index in [0.29, 0.717) is 11.5 Å². The SMILES string of the molecule is c1ccc2c(c1)C(C1C3CC4CC(C3)CC1C4)NCC21CCNCC1. The zero-order valence-corrected chi connectivity index (χ0v) is 15.3. The van der Waals surface area contributed by atoms with Gasteiger partial charge in [0.1, 0.15) is 0 Å². The molecule has 6 aliphatic rings. The van der Waals surface area contributed by atoms with Crippen molar-refractivity contribution in [1.82, 2.24) is 10.6 Å². The van der Waals surface area contributed by atoms with Crippen LogP contribution in [-0.2, 0) is 5.41 Å². The van der Waals surface area contributed by atoms with Crippen LogP contribution in [0.15, 0.2) is 24.3 Å². The molecule has 2 aliphatic heterocycles. The first-order valence-electron chi connectivity index (χ1n) is 10.9. The Kier molecular flexibility index (Phi) is 3.39. The van der Waals surface area contributed by atoms with Crippen molar-refractivity contribution in [2.75, 3.05) is 19.6 Å². The van der Waals surface area contributed by atoms with Gasteiger partial charge in [-0.3, -0.25) is 0 Å². The normalized spacial score (nSPS) is 44.0. The lowest BCUT2D eigenvalue weighted by atomic mass is 9.49. The van der Waals surface area contributed by atoms with Gasteiger partial charge in [-0.05, 0) is 98.8 Å². The lowest BCUT2D eigenvalue weighted by molar-refractivity contribution is -0.0552. The molecule has 1 saturated heterocycles. The second-order valence-electron chi connectivity index (χ2n) is 9.98. The van der Waals surface area contributed by atoms with Crippen molar-refractivity contribution < 1.29 is 0 Å². The summed E-state index contributed by atoms with van der Waals surface area (Å²) in [5, 5.41) is 7.71. The Labute approximate surface area is 152 Å². The van der Waals surface area contributed by atoms with Crippen molar-refractivity contribution in [2.45, 2.75) is 56.4 Å². The molecule has 1 aromatic carbocycles. The third-order valence-electron chi connectivity index (χ3n) is 8.77. The topological polar surface area (TPSA) is 24.1 Å². The lowest BCUT2D eigenvalue weighted by Gasteiger charge is -2.58. The summed E-state index contributed by atoms with van der Waals surface area (Å²) in [6, 6.07) is 10.2. The number of nitrogens with one attached hydrogen (secondary N) is 2. The van der Waals surface area contributed by atoms with Gasteiger partial charge < -0.3 is 10.6 Å². The van der Waals surface area contributed by atoms with Gasteiger partial charge in [-0.2, -0.15) is 0 Å². The molecule has 25 heavy (non-hydrogen) atoms. The maximum absolute atomic E-state index is 4.14. The average Bonchev–Trinajstić information content (AvgIpc) is 2.64. The number of rotatable bonds is 1. The van der Waals surface area contributed by atoms with Crippen LogP contribution in [0.4, 0.5) is 0 Å². The van der Waals surface area contributed by atoms with Gasteiger partial charge in [0.05, 0.1) is 0 Å². The first kappa shape index (κ1) is 15.2. The van der Waals surface area contributed by atoms with E-state index in [9.17, 15) is 0 Å². The molecule has 7 rings (SSSR count). The summed E-state index contributed by atoms with van der Waals surface area (Å²) in [5.74, 6) is 5.07. The molecule has 2 heterocycles. The third kappa shape index (κ3) is 2.23. The minimum absolute atomic E-state index is 0.393. The van der Waals surface area contributed by atoms with Crippen LogP contribution in [0, 0.1) is 29.6 Å². The van der Waals surface area contributed by atoms with Crippen LogP contribution >= 0.6 is 0 Å². The summed E-state index contributed by atoms with van der Waals surface area (Å²) >= 11 is 0. The fourth-order valence-corrected chi connectivity index (χ4v) is 7.97. The van der Waals surface area contributed by atoms with Crippen LogP contribution in [0.5, 0.6) is 0 Å². The van der Waals surface area contributed by atoms with Crippen molar-refractivity contribution in [3.8, 4) is 0 Å². The first-order chi connectivity index (χ1) is 12.3. The number of benzene rings is 1. The molecule has 0 radical (unpaired) electrons. The van der Waals surface area contributed by atoms with E-state index in [-0.39, 0.29) is 0 Å². The molecular formula is C23H32N2. The highest BCUT2D eigenvalue weighted by molar-refractivity contribution is 5.41. The molecule has 1 aromatic rings. The largest absolute Gasteiger partial charge is 0.317 e. The van der Waals surface area contributed by atoms with Gasteiger partial charge in [0.15, 0.2) is 0 Å². The molecule has 1 atom stereocenters. The third-order valence-corrected chi connectivity index (χ3v) is 8.77. The quantitative estimate of drug-likeness (QED) is 0.809. The lowest BCUT2D eigenvalue weighted by Crippen LogP contribution is -2.56. The molecule has 0 amide bonds. The molecule has 1 unspecified atom stereocenters. The molecule has 134 valence electrons. The zero-order chi connectivity index (χ0) is 16.4. The number of fused-ring (bicyclic) bond motifs is 2. The molecule has 4 aliphatic carbocycles.